The van der Waals surface area contributed by atoms with E-state index in [-0.39, 0.29) is 24.7 Å². The topological polar surface area (TPSA) is 72.3 Å². The molecule has 2 fully saturated rings. The zero-order valence-corrected chi connectivity index (χ0v) is 12.8. The minimum absolute atomic E-state index is 0.0273. The average Bonchev–Trinajstić information content (AvgIpc) is 3.03. The lowest BCUT2D eigenvalue weighted by Crippen LogP contribution is -2.60. The van der Waals surface area contributed by atoms with E-state index in [1.165, 1.54) is 0 Å². The molecule has 2 aliphatic rings. The summed E-state index contributed by atoms with van der Waals surface area (Å²) in [5.41, 5.74) is 1.00. The molecular weight excluding hydrogens is 294 g/mol. The van der Waals surface area contributed by atoms with Gasteiger partial charge < -0.3 is 10.1 Å². The Bertz CT molecular complexity index is 687. The molecule has 2 atom stereocenters. The van der Waals surface area contributed by atoms with Gasteiger partial charge in [0.05, 0.1) is 24.4 Å². The van der Waals surface area contributed by atoms with Crippen molar-refractivity contribution in [3.8, 4) is 5.69 Å². The highest BCUT2D eigenvalue weighted by Crippen LogP contribution is 2.19. The molecule has 1 amide bonds. The minimum atomic E-state index is -0.0273. The molecule has 1 N–H and O–H groups in total. The van der Waals surface area contributed by atoms with Gasteiger partial charge in [-0.15, -0.1) is 0 Å². The average molecular weight is 313 g/mol. The second-order valence-corrected chi connectivity index (χ2v) is 5.97. The summed E-state index contributed by atoms with van der Waals surface area (Å²) in [4.78, 5) is 18.2. The first-order valence-corrected chi connectivity index (χ1v) is 7.87. The van der Waals surface area contributed by atoms with Crippen molar-refractivity contribution in [3.63, 3.8) is 0 Å². The van der Waals surface area contributed by atoms with Gasteiger partial charge in [-0.2, -0.15) is 5.10 Å². The molecule has 7 nitrogen and oxygen atoms in total. The lowest BCUT2D eigenvalue weighted by molar-refractivity contribution is -0.140. The monoisotopic (exact) mass is 313 g/mol. The summed E-state index contributed by atoms with van der Waals surface area (Å²) in [6.45, 7) is 2.59. The number of piperidine rings is 1. The number of nitrogens with one attached hydrogen (secondary N) is 1. The van der Waals surface area contributed by atoms with Crippen molar-refractivity contribution in [1.82, 2.24) is 25.0 Å². The Kier molecular flexibility index (Phi) is 3.80. The standard InChI is InChI=1S/C16H19N5O2/c22-16-10-23-14-6-7-20(8-13(14)19-16)9-15-17-11-18-21(15)12-4-2-1-3-5-12/h1-5,11,13-14H,6-10H2,(H,19,22)/t13-,14+/m0/s1. The van der Waals surface area contributed by atoms with E-state index in [4.69, 9.17) is 4.74 Å². The number of fused-ring (bicyclic) bond motifs is 1. The number of amides is 1. The van der Waals surface area contributed by atoms with Crippen molar-refractivity contribution >= 4 is 5.91 Å². The number of hydrogen-bond donors (Lipinski definition) is 1. The number of morpholine rings is 1. The van der Waals surface area contributed by atoms with Crippen LogP contribution in [-0.2, 0) is 16.1 Å². The molecule has 2 aliphatic heterocycles. The summed E-state index contributed by atoms with van der Waals surface area (Å²) in [7, 11) is 0. The molecule has 0 radical (unpaired) electrons. The van der Waals surface area contributed by atoms with E-state index in [2.05, 4.69) is 20.3 Å². The molecule has 3 heterocycles. The maximum Gasteiger partial charge on any atom is 0.246 e. The second-order valence-electron chi connectivity index (χ2n) is 5.97. The Labute approximate surface area is 134 Å². The summed E-state index contributed by atoms with van der Waals surface area (Å²) in [5.74, 6) is 0.873. The highest BCUT2D eigenvalue weighted by atomic mass is 16.5. The van der Waals surface area contributed by atoms with E-state index in [0.29, 0.717) is 6.54 Å². The number of hydrogen-bond acceptors (Lipinski definition) is 5. The summed E-state index contributed by atoms with van der Waals surface area (Å²) in [6, 6.07) is 10.1. The lowest BCUT2D eigenvalue weighted by atomic mass is 10.0. The summed E-state index contributed by atoms with van der Waals surface area (Å²) in [6.07, 6.45) is 2.64. The van der Waals surface area contributed by atoms with Gasteiger partial charge in [0.25, 0.3) is 0 Å². The van der Waals surface area contributed by atoms with Gasteiger partial charge in [-0.1, -0.05) is 18.2 Å². The normalized spacial score (nSPS) is 25.0. The number of aromatic nitrogens is 3. The number of para-hydroxylation sites is 1. The van der Waals surface area contributed by atoms with Crippen molar-refractivity contribution in [2.45, 2.75) is 25.1 Å². The van der Waals surface area contributed by atoms with E-state index in [9.17, 15) is 4.79 Å². The van der Waals surface area contributed by atoms with E-state index in [1.54, 1.807) is 6.33 Å². The van der Waals surface area contributed by atoms with E-state index in [0.717, 1.165) is 31.0 Å². The molecule has 23 heavy (non-hydrogen) atoms. The van der Waals surface area contributed by atoms with Gasteiger partial charge in [0.15, 0.2) is 0 Å². The molecule has 0 aliphatic carbocycles. The maximum atomic E-state index is 11.5. The first-order valence-electron chi connectivity index (χ1n) is 7.87. The molecule has 1 aromatic carbocycles. The van der Waals surface area contributed by atoms with Crippen LogP contribution in [0.15, 0.2) is 36.7 Å². The highest BCUT2D eigenvalue weighted by Gasteiger charge is 2.35. The minimum Gasteiger partial charge on any atom is -0.366 e. The summed E-state index contributed by atoms with van der Waals surface area (Å²) < 4.78 is 7.46. The van der Waals surface area contributed by atoms with Crippen LogP contribution in [0, 0.1) is 0 Å². The molecule has 4 rings (SSSR count). The van der Waals surface area contributed by atoms with Crippen molar-refractivity contribution < 1.29 is 9.53 Å². The van der Waals surface area contributed by atoms with Crippen LogP contribution in [0.25, 0.3) is 5.69 Å². The fourth-order valence-corrected chi connectivity index (χ4v) is 3.27. The molecule has 7 heteroatoms. The van der Waals surface area contributed by atoms with E-state index >= 15 is 0 Å². The van der Waals surface area contributed by atoms with Crippen LogP contribution >= 0.6 is 0 Å². The van der Waals surface area contributed by atoms with Crippen molar-refractivity contribution in [3.05, 3.63) is 42.5 Å². The lowest BCUT2D eigenvalue weighted by Gasteiger charge is -2.40. The fraction of sp³-hybridized carbons (Fsp3) is 0.438. The largest absolute Gasteiger partial charge is 0.366 e. The van der Waals surface area contributed by atoms with Crippen LogP contribution in [0.2, 0.25) is 0 Å². The molecule has 120 valence electrons. The summed E-state index contributed by atoms with van der Waals surface area (Å²) in [5, 5.41) is 7.36. The molecule has 0 unspecified atom stereocenters. The van der Waals surface area contributed by atoms with Gasteiger partial charge in [0, 0.05) is 13.1 Å². The van der Waals surface area contributed by atoms with Crippen molar-refractivity contribution in [1.29, 1.82) is 0 Å². The van der Waals surface area contributed by atoms with Gasteiger partial charge >= 0.3 is 0 Å². The van der Waals surface area contributed by atoms with Crippen molar-refractivity contribution in [2.24, 2.45) is 0 Å². The zero-order valence-electron chi connectivity index (χ0n) is 12.8. The van der Waals surface area contributed by atoms with Crippen LogP contribution in [0.1, 0.15) is 12.2 Å². The molecule has 0 spiro atoms. The van der Waals surface area contributed by atoms with Crippen molar-refractivity contribution in [2.75, 3.05) is 19.7 Å². The Morgan fingerprint density at radius 1 is 1.30 bits per heavy atom. The number of carbonyl (C=O) groups excluding carboxylic acids is 1. The Hall–Kier alpha value is -2.25. The van der Waals surface area contributed by atoms with Gasteiger partial charge in [-0.25, -0.2) is 9.67 Å². The van der Waals surface area contributed by atoms with Crippen LogP contribution in [-0.4, -0.2) is 57.4 Å². The van der Waals surface area contributed by atoms with E-state index in [1.807, 2.05) is 35.0 Å². The van der Waals surface area contributed by atoms with Crippen LogP contribution in [0.5, 0.6) is 0 Å². The molecule has 2 saturated heterocycles. The Morgan fingerprint density at radius 2 is 2.17 bits per heavy atom. The predicted molar refractivity (Wildman–Crippen MR) is 82.9 cm³/mol. The third kappa shape index (κ3) is 2.97. The smallest absolute Gasteiger partial charge is 0.246 e. The van der Waals surface area contributed by atoms with E-state index < -0.39 is 0 Å². The maximum absolute atomic E-state index is 11.5. The second kappa shape index (κ2) is 6.10. The van der Waals surface area contributed by atoms with Gasteiger partial charge in [-0.3, -0.25) is 9.69 Å². The quantitative estimate of drug-likeness (QED) is 0.886. The number of benzene rings is 1. The fourth-order valence-electron chi connectivity index (χ4n) is 3.27. The number of rotatable bonds is 3. The van der Waals surface area contributed by atoms with Crippen LogP contribution in [0.4, 0.5) is 0 Å². The molecule has 0 bridgehead atoms. The van der Waals surface area contributed by atoms with Gasteiger partial charge in [0.2, 0.25) is 5.91 Å². The third-order valence-corrected chi connectivity index (χ3v) is 4.39. The number of ether oxygens (including phenoxy) is 1. The molecular formula is C16H19N5O2. The van der Waals surface area contributed by atoms with Crippen LogP contribution in [0.3, 0.4) is 0 Å². The first-order chi connectivity index (χ1) is 11.3. The number of carbonyl (C=O) groups is 1. The zero-order chi connectivity index (χ0) is 15.6. The van der Waals surface area contributed by atoms with Gasteiger partial charge in [-0.05, 0) is 18.6 Å². The molecule has 1 aromatic heterocycles. The summed E-state index contributed by atoms with van der Waals surface area (Å²) >= 11 is 0. The number of nitrogens with zero attached hydrogens (tertiary/aromatic N) is 4. The Balaban J connectivity index is 1.47. The first kappa shape index (κ1) is 14.3. The SMILES string of the molecule is O=C1CO[C@@H]2CCN(Cc3ncnn3-c3ccccc3)C[C@@H]2N1. The van der Waals surface area contributed by atoms with Gasteiger partial charge in [0.1, 0.15) is 18.8 Å². The van der Waals surface area contributed by atoms with Crippen LogP contribution < -0.4 is 5.32 Å². The highest BCUT2D eigenvalue weighted by molar-refractivity contribution is 5.78. The number of likely N-dealkylation sites (tertiary alicyclic amines) is 1. The third-order valence-electron chi connectivity index (χ3n) is 4.39. The molecule has 0 saturated carbocycles. The Morgan fingerprint density at radius 3 is 3.04 bits per heavy atom. The predicted octanol–water partition coefficient (Wildman–Crippen LogP) is 0.357. The molecule has 2 aromatic rings.